The molecule has 2 aromatic carbocycles. The molecule has 0 spiro atoms. The molecule has 0 atom stereocenters. The van der Waals surface area contributed by atoms with Gasteiger partial charge >= 0.3 is 0 Å². The van der Waals surface area contributed by atoms with E-state index in [0.717, 1.165) is 42.7 Å². The van der Waals surface area contributed by atoms with Crippen LogP contribution in [0.3, 0.4) is 0 Å². The van der Waals surface area contributed by atoms with E-state index in [1.807, 2.05) is 18.2 Å². The average Bonchev–Trinajstić information content (AvgIpc) is 3.47. The quantitative estimate of drug-likeness (QED) is 0.477. The fourth-order valence-electron chi connectivity index (χ4n) is 4.66. The molecule has 1 fully saturated rings. The van der Waals surface area contributed by atoms with E-state index in [1.165, 1.54) is 17.9 Å². The zero-order valence-corrected chi connectivity index (χ0v) is 20.9. The molecule has 2 heterocycles. The maximum atomic E-state index is 13.2. The van der Waals surface area contributed by atoms with Crippen molar-refractivity contribution < 1.29 is 19.1 Å². The van der Waals surface area contributed by atoms with Crippen LogP contribution in [0.4, 0.5) is 5.69 Å². The van der Waals surface area contributed by atoms with Gasteiger partial charge in [0.25, 0.3) is 11.8 Å². The van der Waals surface area contributed by atoms with Crippen molar-refractivity contribution in [3.8, 4) is 11.5 Å². The lowest BCUT2D eigenvalue weighted by atomic mass is 10.0. The number of methoxy groups -OCH3 is 1. The summed E-state index contributed by atoms with van der Waals surface area (Å²) in [6.07, 6.45) is 7.86. The van der Waals surface area contributed by atoms with Crippen molar-refractivity contribution in [3.05, 3.63) is 83.7 Å². The number of ether oxygens (including phenoxy) is 2. The summed E-state index contributed by atoms with van der Waals surface area (Å²) in [6, 6.07) is 17.8. The highest BCUT2D eigenvalue weighted by Gasteiger charge is 2.23. The number of nitrogens with zero attached hydrogens (tertiary/aromatic N) is 3. The number of anilines is 1. The maximum absolute atomic E-state index is 13.2. The number of carbonyl (C=O) groups excluding carboxylic acids is 2. The second-order valence-corrected chi connectivity index (χ2v) is 9.21. The van der Waals surface area contributed by atoms with Gasteiger partial charge in [-0.3, -0.25) is 14.6 Å². The number of aromatic nitrogens is 1. The lowest BCUT2D eigenvalue weighted by molar-refractivity contribution is 0.0751. The van der Waals surface area contributed by atoms with Gasteiger partial charge in [-0.1, -0.05) is 6.07 Å². The number of pyridine rings is 1. The Balaban J connectivity index is 1.29. The number of rotatable bonds is 7. The second-order valence-electron chi connectivity index (χ2n) is 9.21. The molecule has 0 saturated heterocycles. The van der Waals surface area contributed by atoms with E-state index in [4.69, 9.17) is 14.6 Å². The van der Waals surface area contributed by atoms with E-state index in [2.05, 4.69) is 10.3 Å². The van der Waals surface area contributed by atoms with Gasteiger partial charge < -0.3 is 14.8 Å². The molecule has 0 radical (unpaired) electrons. The number of hydrazone groups is 1. The van der Waals surface area contributed by atoms with E-state index in [1.54, 1.807) is 55.8 Å². The molecule has 190 valence electrons. The molecule has 37 heavy (non-hydrogen) atoms. The monoisotopic (exact) mass is 498 g/mol. The van der Waals surface area contributed by atoms with Crippen LogP contribution in [0, 0.1) is 0 Å². The van der Waals surface area contributed by atoms with Crippen LogP contribution in [0.15, 0.2) is 72.0 Å². The van der Waals surface area contributed by atoms with Crippen molar-refractivity contribution in [2.45, 2.75) is 44.6 Å². The third kappa shape index (κ3) is 5.80. The average molecular weight is 499 g/mol. The molecule has 8 nitrogen and oxygen atoms in total. The second kappa shape index (κ2) is 11.2. The van der Waals surface area contributed by atoms with Crippen LogP contribution in [0.2, 0.25) is 0 Å². The summed E-state index contributed by atoms with van der Waals surface area (Å²) < 4.78 is 11.8. The maximum Gasteiger partial charge on any atom is 0.274 e. The van der Waals surface area contributed by atoms with E-state index >= 15 is 0 Å². The summed E-state index contributed by atoms with van der Waals surface area (Å²) in [4.78, 5) is 29.6. The SMILES string of the molecule is COc1ccc(C2=NN(C(=O)c3ccc(NC(=O)c4ccccn4)cc3)CCC2)cc1OC1CCCC1. The molecule has 5 rings (SSSR count). The van der Waals surface area contributed by atoms with Gasteiger partial charge in [0.1, 0.15) is 5.69 Å². The summed E-state index contributed by atoms with van der Waals surface area (Å²) in [5.74, 6) is 0.938. The molecular weight excluding hydrogens is 468 g/mol. The molecule has 2 aliphatic rings. The Morgan fingerprint density at radius 2 is 1.78 bits per heavy atom. The smallest absolute Gasteiger partial charge is 0.274 e. The van der Waals surface area contributed by atoms with Crippen LogP contribution < -0.4 is 14.8 Å². The zero-order valence-electron chi connectivity index (χ0n) is 20.9. The van der Waals surface area contributed by atoms with Crippen molar-refractivity contribution >= 4 is 23.2 Å². The first-order chi connectivity index (χ1) is 18.1. The van der Waals surface area contributed by atoms with Crippen molar-refractivity contribution in [1.29, 1.82) is 0 Å². The summed E-state index contributed by atoms with van der Waals surface area (Å²) >= 11 is 0. The lowest BCUT2D eigenvalue weighted by Crippen LogP contribution is -2.32. The molecule has 1 N–H and O–H groups in total. The van der Waals surface area contributed by atoms with Gasteiger partial charge in [-0.2, -0.15) is 5.10 Å². The van der Waals surface area contributed by atoms with E-state index in [9.17, 15) is 9.59 Å². The van der Waals surface area contributed by atoms with Crippen molar-refractivity contribution in [3.63, 3.8) is 0 Å². The van der Waals surface area contributed by atoms with Crippen molar-refractivity contribution in [1.82, 2.24) is 9.99 Å². The highest BCUT2D eigenvalue weighted by molar-refractivity contribution is 6.04. The third-order valence-electron chi connectivity index (χ3n) is 6.64. The summed E-state index contributed by atoms with van der Waals surface area (Å²) in [5.41, 5.74) is 3.19. The third-order valence-corrected chi connectivity index (χ3v) is 6.64. The van der Waals surface area contributed by atoms with Gasteiger partial charge in [-0.05, 0) is 93.1 Å². The predicted octanol–water partition coefficient (Wildman–Crippen LogP) is 5.30. The van der Waals surface area contributed by atoms with Crippen molar-refractivity contribution in [2.24, 2.45) is 5.10 Å². The minimum Gasteiger partial charge on any atom is -0.493 e. The standard InChI is InChI=1S/C29H30N4O4/c1-36-26-16-13-21(19-27(26)37-23-7-2-3-8-23)24-10-6-18-33(32-24)29(35)20-11-14-22(15-12-20)31-28(34)25-9-4-5-17-30-25/h4-5,9,11-17,19,23H,2-3,6-8,10,18H2,1H3,(H,31,34). The first-order valence-corrected chi connectivity index (χ1v) is 12.7. The van der Waals surface area contributed by atoms with Gasteiger partial charge in [0.05, 0.1) is 18.9 Å². The van der Waals surface area contributed by atoms with Gasteiger partial charge in [0.2, 0.25) is 0 Å². The Hall–Kier alpha value is -4.20. The van der Waals surface area contributed by atoms with Gasteiger partial charge in [-0.15, -0.1) is 0 Å². The lowest BCUT2D eigenvalue weighted by Gasteiger charge is -2.24. The number of hydrogen-bond donors (Lipinski definition) is 1. The first kappa shape index (κ1) is 24.5. The van der Waals surface area contributed by atoms with Crippen molar-refractivity contribution in [2.75, 3.05) is 19.0 Å². The molecule has 2 amide bonds. The Morgan fingerprint density at radius 3 is 2.51 bits per heavy atom. The van der Waals surface area contributed by atoms with Crippen LogP contribution in [0.25, 0.3) is 0 Å². The molecule has 3 aromatic rings. The number of benzene rings is 2. The van der Waals surface area contributed by atoms with Crippen LogP contribution >= 0.6 is 0 Å². The first-order valence-electron chi connectivity index (χ1n) is 12.7. The molecule has 1 aromatic heterocycles. The molecule has 8 heteroatoms. The summed E-state index contributed by atoms with van der Waals surface area (Å²) in [6.45, 7) is 0.544. The highest BCUT2D eigenvalue weighted by atomic mass is 16.5. The minimum atomic E-state index is -0.305. The van der Waals surface area contributed by atoms with E-state index in [0.29, 0.717) is 29.2 Å². The molecule has 1 aliphatic heterocycles. The number of amides is 2. The van der Waals surface area contributed by atoms with E-state index in [-0.39, 0.29) is 17.9 Å². The van der Waals surface area contributed by atoms with Crippen LogP contribution in [0.5, 0.6) is 11.5 Å². The van der Waals surface area contributed by atoms with Crippen LogP contribution in [-0.4, -0.2) is 47.3 Å². The number of carbonyl (C=O) groups is 2. The fraction of sp³-hybridized carbons (Fsp3) is 0.310. The molecule has 1 saturated carbocycles. The van der Waals surface area contributed by atoms with Gasteiger partial charge in [0.15, 0.2) is 11.5 Å². The van der Waals surface area contributed by atoms with E-state index < -0.39 is 0 Å². The topological polar surface area (TPSA) is 93.1 Å². The molecule has 0 unspecified atom stereocenters. The van der Waals surface area contributed by atoms with Gasteiger partial charge in [0, 0.05) is 29.6 Å². The summed E-state index contributed by atoms with van der Waals surface area (Å²) in [5, 5.41) is 9.01. The molecular formula is C29H30N4O4. The van der Waals surface area contributed by atoms with Crippen LogP contribution in [0.1, 0.15) is 64.9 Å². The van der Waals surface area contributed by atoms with Crippen LogP contribution in [-0.2, 0) is 0 Å². The number of hydrogen-bond acceptors (Lipinski definition) is 6. The Kier molecular flexibility index (Phi) is 7.44. The normalized spacial score (nSPS) is 15.7. The summed E-state index contributed by atoms with van der Waals surface area (Å²) in [7, 11) is 1.64. The predicted molar refractivity (Wildman–Crippen MR) is 141 cm³/mol. The zero-order chi connectivity index (χ0) is 25.6. The minimum absolute atomic E-state index is 0.184. The largest absolute Gasteiger partial charge is 0.493 e. The Labute approximate surface area is 216 Å². The molecule has 1 aliphatic carbocycles. The fourth-order valence-corrected chi connectivity index (χ4v) is 4.66. The molecule has 0 bridgehead atoms. The highest BCUT2D eigenvalue weighted by Crippen LogP contribution is 2.33. The van der Waals surface area contributed by atoms with Gasteiger partial charge in [-0.25, -0.2) is 5.01 Å². The Morgan fingerprint density at radius 1 is 0.973 bits per heavy atom. The number of nitrogens with one attached hydrogen (secondary N) is 1. The Bertz CT molecular complexity index is 1290.